The predicted molar refractivity (Wildman–Crippen MR) is 178 cm³/mol. The van der Waals surface area contributed by atoms with Crippen LogP contribution in [0.3, 0.4) is 0 Å². The molecule has 0 saturated carbocycles. The SMILES string of the molecule is CCCCC1(CCCC)CN(c2ccc(C(=O)NC(C)(C)C)cc2)c2cc(SC)c(O/C=C(\F)C(=O)OC)cc2S(O)(O)C1. The van der Waals surface area contributed by atoms with E-state index in [4.69, 9.17) is 4.74 Å². The van der Waals surface area contributed by atoms with Crippen LogP contribution < -0.4 is 15.0 Å². The first-order valence-electron chi connectivity index (χ1n) is 15.0. The highest BCUT2D eigenvalue weighted by Gasteiger charge is 2.42. The van der Waals surface area contributed by atoms with Crippen molar-refractivity contribution >= 4 is 45.6 Å². The highest BCUT2D eigenvalue weighted by molar-refractivity contribution is 8.24. The molecule has 2 aromatic rings. The molecule has 244 valence electrons. The van der Waals surface area contributed by atoms with Gasteiger partial charge in [0.05, 0.1) is 22.6 Å². The Morgan fingerprint density at radius 3 is 2.25 bits per heavy atom. The monoisotopic (exact) mass is 650 g/mol. The van der Waals surface area contributed by atoms with Crippen molar-refractivity contribution in [2.45, 2.75) is 88.5 Å². The minimum atomic E-state index is -3.34. The van der Waals surface area contributed by atoms with Gasteiger partial charge < -0.3 is 19.7 Å². The van der Waals surface area contributed by atoms with Gasteiger partial charge in [0, 0.05) is 40.6 Å². The fourth-order valence-electron chi connectivity index (χ4n) is 5.45. The molecule has 0 bridgehead atoms. The molecule has 0 aliphatic carbocycles. The number of hydrogen-bond acceptors (Lipinski definition) is 8. The largest absolute Gasteiger partial charge is 0.464 e. The second-order valence-corrected chi connectivity index (χ2v) is 15.3. The van der Waals surface area contributed by atoms with Crippen molar-refractivity contribution in [2.24, 2.45) is 5.41 Å². The second kappa shape index (κ2) is 15.0. The Bertz CT molecular complexity index is 1330. The first-order chi connectivity index (χ1) is 20.7. The van der Waals surface area contributed by atoms with E-state index in [0.717, 1.165) is 51.3 Å². The summed E-state index contributed by atoms with van der Waals surface area (Å²) in [6.07, 6.45) is 7.98. The molecule has 1 aliphatic heterocycles. The van der Waals surface area contributed by atoms with Gasteiger partial charge in [-0.15, -0.1) is 11.8 Å². The third-order valence-electron chi connectivity index (χ3n) is 7.61. The zero-order valence-corrected chi connectivity index (χ0v) is 28.5. The van der Waals surface area contributed by atoms with Gasteiger partial charge in [-0.05, 0) is 70.2 Å². The van der Waals surface area contributed by atoms with Crippen molar-refractivity contribution in [2.75, 3.05) is 30.6 Å². The Morgan fingerprint density at radius 2 is 1.73 bits per heavy atom. The van der Waals surface area contributed by atoms with Crippen LogP contribution in [0.1, 0.15) is 83.5 Å². The summed E-state index contributed by atoms with van der Waals surface area (Å²) in [7, 11) is -2.27. The second-order valence-electron chi connectivity index (χ2n) is 12.4. The zero-order chi connectivity index (χ0) is 32.7. The number of unbranched alkanes of at least 4 members (excludes halogenated alkanes) is 2. The number of halogens is 1. The summed E-state index contributed by atoms with van der Waals surface area (Å²) in [4.78, 5) is 27.5. The Kier molecular flexibility index (Phi) is 12.2. The molecule has 8 nitrogen and oxygen atoms in total. The van der Waals surface area contributed by atoms with Gasteiger partial charge in [0.1, 0.15) is 12.0 Å². The predicted octanol–water partition coefficient (Wildman–Crippen LogP) is 8.93. The van der Waals surface area contributed by atoms with Crippen molar-refractivity contribution in [1.82, 2.24) is 5.32 Å². The Morgan fingerprint density at radius 1 is 1.11 bits per heavy atom. The van der Waals surface area contributed by atoms with Crippen LogP contribution >= 0.6 is 22.4 Å². The number of amides is 1. The maximum absolute atomic E-state index is 14.2. The summed E-state index contributed by atoms with van der Waals surface area (Å²) in [5.41, 5.74) is 1.17. The van der Waals surface area contributed by atoms with E-state index in [9.17, 15) is 23.1 Å². The van der Waals surface area contributed by atoms with Crippen LogP contribution in [0, 0.1) is 5.41 Å². The molecule has 1 heterocycles. The average Bonchev–Trinajstić information content (AvgIpc) is 3.07. The van der Waals surface area contributed by atoms with Gasteiger partial charge in [0.2, 0.25) is 5.83 Å². The van der Waals surface area contributed by atoms with E-state index in [1.54, 1.807) is 18.2 Å². The number of esters is 1. The molecule has 0 fully saturated rings. The van der Waals surface area contributed by atoms with Gasteiger partial charge in [0.15, 0.2) is 0 Å². The molecular weight excluding hydrogens is 604 g/mol. The summed E-state index contributed by atoms with van der Waals surface area (Å²) < 4.78 is 47.9. The van der Waals surface area contributed by atoms with E-state index in [2.05, 4.69) is 28.8 Å². The van der Waals surface area contributed by atoms with E-state index >= 15 is 0 Å². The van der Waals surface area contributed by atoms with Crippen LogP contribution in [0.15, 0.2) is 58.3 Å². The highest BCUT2D eigenvalue weighted by Crippen LogP contribution is 2.62. The molecule has 0 saturated heterocycles. The summed E-state index contributed by atoms with van der Waals surface area (Å²) in [6, 6.07) is 10.7. The number of carbonyl (C=O) groups excluding carboxylic acids is 2. The number of fused-ring (bicyclic) bond motifs is 1. The molecular formula is C33H47FN2O6S2. The molecule has 0 atom stereocenters. The number of hydrogen-bond donors (Lipinski definition) is 3. The molecule has 0 unspecified atom stereocenters. The van der Waals surface area contributed by atoms with Crippen molar-refractivity contribution in [3.8, 4) is 5.75 Å². The van der Waals surface area contributed by atoms with Crippen LogP contribution in [-0.4, -0.2) is 52.2 Å². The van der Waals surface area contributed by atoms with Gasteiger partial charge in [-0.3, -0.25) is 13.9 Å². The number of nitrogens with one attached hydrogen (secondary N) is 1. The summed E-state index contributed by atoms with van der Waals surface area (Å²) in [6.45, 7) is 10.6. The Labute approximate surface area is 267 Å². The maximum atomic E-state index is 14.2. The van der Waals surface area contributed by atoms with E-state index in [1.165, 1.54) is 11.8 Å². The number of benzene rings is 2. The van der Waals surface area contributed by atoms with Crippen LogP contribution in [0.2, 0.25) is 0 Å². The Balaban J connectivity index is 2.21. The quantitative estimate of drug-likeness (QED) is 0.0905. The van der Waals surface area contributed by atoms with Crippen LogP contribution in [0.4, 0.5) is 15.8 Å². The third kappa shape index (κ3) is 8.93. The molecule has 0 spiro atoms. The number of thioether (sulfide) groups is 1. The van der Waals surface area contributed by atoms with Gasteiger partial charge >= 0.3 is 5.97 Å². The lowest BCUT2D eigenvalue weighted by Gasteiger charge is -2.42. The minimum Gasteiger partial charge on any atom is -0.464 e. The molecule has 44 heavy (non-hydrogen) atoms. The standard InChI is InChI=1S/C33H47FN2O6S2/c1-8-10-16-33(17-11-9-2)21-36(24-14-12-23(13-15-24)30(37)35-32(3,4)5)26-18-28(43-7)27(19-29(26)44(39,40)22-33)42-20-25(34)31(38)41-6/h12-15,18-20,39-40H,8-11,16-17,21-22H2,1-7H3,(H,35,37)/b25-20-. The van der Waals surface area contributed by atoms with Crippen LogP contribution in [0.25, 0.3) is 0 Å². The van der Waals surface area contributed by atoms with Crippen LogP contribution in [0.5, 0.6) is 5.75 Å². The molecule has 11 heteroatoms. The molecule has 0 radical (unpaired) electrons. The van der Waals surface area contributed by atoms with E-state index in [1.807, 2.05) is 45.2 Å². The van der Waals surface area contributed by atoms with Crippen molar-refractivity contribution in [1.29, 1.82) is 0 Å². The molecule has 2 aromatic carbocycles. The number of anilines is 2. The summed E-state index contributed by atoms with van der Waals surface area (Å²) in [5.74, 6) is -2.18. The smallest absolute Gasteiger partial charge is 0.370 e. The fourth-order valence-corrected chi connectivity index (χ4v) is 8.18. The van der Waals surface area contributed by atoms with Crippen LogP contribution in [-0.2, 0) is 9.53 Å². The molecule has 3 rings (SSSR count). The number of carbonyl (C=O) groups is 2. The van der Waals surface area contributed by atoms with Gasteiger partial charge in [0.25, 0.3) is 5.91 Å². The van der Waals surface area contributed by atoms with E-state index in [0.29, 0.717) is 33.8 Å². The van der Waals surface area contributed by atoms with Gasteiger partial charge in [-0.25, -0.2) is 4.79 Å². The molecule has 0 aromatic heterocycles. The molecule has 1 amide bonds. The number of methoxy groups -OCH3 is 1. The number of rotatable bonds is 12. The lowest BCUT2D eigenvalue weighted by Crippen LogP contribution is -2.40. The Hall–Kier alpha value is -2.73. The number of nitrogens with zero attached hydrogens (tertiary/aromatic N) is 1. The topological polar surface area (TPSA) is 108 Å². The fraction of sp³-hybridized carbons (Fsp3) is 0.515. The highest BCUT2D eigenvalue weighted by atomic mass is 32.3. The van der Waals surface area contributed by atoms with E-state index < -0.39 is 27.8 Å². The summed E-state index contributed by atoms with van der Waals surface area (Å²) in [5, 5.41) is 2.99. The normalized spacial score (nSPS) is 16.9. The summed E-state index contributed by atoms with van der Waals surface area (Å²) >= 11 is 1.35. The lowest BCUT2D eigenvalue weighted by atomic mass is 9.79. The minimum absolute atomic E-state index is 0.173. The number of ether oxygens (including phenoxy) is 2. The molecule has 3 N–H and O–H groups in total. The lowest BCUT2D eigenvalue weighted by molar-refractivity contribution is -0.137. The van der Waals surface area contributed by atoms with E-state index in [-0.39, 0.29) is 22.9 Å². The van der Waals surface area contributed by atoms with Crippen molar-refractivity contribution in [3.63, 3.8) is 0 Å². The molecule has 1 aliphatic rings. The first kappa shape index (κ1) is 35.7. The van der Waals surface area contributed by atoms with Crippen molar-refractivity contribution in [3.05, 3.63) is 54.1 Å². The van der Waals surface area contributed by atoms with Gasteiger partial charge in [-0.2, -0.15) is 15.0 Å². The maximum Gasteiger partial charge on any atom is 0.370 e. The third-order valence-corrected chi connectivity index (χ3v) is 10.4. The first-order valence-corrected chi connectivity index (χ1v) is 17.9. The average molecular weight is 651 g/mol. The van der Waals surface area contributed by atoms with Gasteiger partial charge in [-0.1, -0.05) is 39.5 Å². The zero-order valence-electron chi connectivity index (χ0n) is 26.9. The van der Waals surface area contributed by atoms with Crippen molar-refractivity contribution < 1.29 is 32.6 Å².